The van der Waals surface area contributed by atoms with E-state index in [1.807, 2.05) is 6.07 Å². The minimum atomic E-state index is -0.160. The molecule has 118 valence electrons. The van der Waals surface area contributed by atoms with Gasteiger partial charge in [-0.2, -0.15) is 0 Å². The molecule has 2 fully saturated rings. The summed E-state index contributed by atoms with van der Waals surface area (Å²) in [6, 6.07) is 16.9. The molecule has 2 aromatic carbocycles. The van der Waals surface area contributed by atoms with Crippen molar-refractivity contribution >= 4 is 5.69 Å². The fourth-order valence-electron chi connectivity index (χ4n) is 4.92. The molecule has 0 N–H and O–H groups in total. The highest BCUT2D eigenvalue weighted by Crippen LogP contribution is 2.54. The maximum absolute atomic E-state index is 13.8. The molecule has 4 atom stereocenters. The number of ether oxygens (including phenoxy) is 1. The van der Waals surface area contributed by atoms with Crippen molar-refractivity contribution in [1.29, 1.82) is 0 Å². The number of hydrogen-bond donors (Lipinski definition) is 0. The number of halogens is 1. The van der Waals surface area contributed by atoms with Crippen molar-refractivity contribution in [1.82, 2.24) is 0 Å². The topological polar surface area (TPSA) is 12.5 Å². The molecule has 3 aliphatic heterocycles. The molecule has 2 aromatic rings. The van der Waals surface area contributed by atoms with Crippen LogP contribution in [-0.2, 0) is 4.74 Å². The second-order valence-corrected chi connectivity index (χ2v) is 6.93. The van der Waals surface area contributed by atoms with Crippen LogP contribution in [0.3, 0.4) is 0 Å². The van der Waals surface area contributed by atoms with Crippen molar-refractivity contribution in [2.45, 2.75) is 37.5 Å². The summed E-state index contributed by atoms with van der Waals surface area (Å²) in [6.07, 6.45) is 3.52. The summed E-state index contributed by atoms with van der Waals surface area (Å²) in [4.78, 5) is 2.56. The Morgan fingerprint density at radius 3 is 2.74 bits per heavy atom. The Hall–Kier alpha value is -1.87. The van der Waals surface area contributed by atoms with E-state index in [-0.39, 0.29) is 11.9 Å². The number of fused-ring (bicyclic) bond motifs is 6. The Kier molecular flexibility index (Phi) is 2.99. The number of rotatable bonds is 1. The average molecular weight is 309 g/mol. The van der Waals surface area contributed by atoms with Gasteiger partial charge in [0.1, 0.15) is 5.82 Å². The Morgan fingerprint density at radius 2 is 1.87 bits per heavy atom. The van der Waals surface area contributed by atoms with Crippen molar-refractivity contribution in [2.75, 3.05) is 11.5 Å². The number of benzene rings is 2. The third-order valence-electron chi connectivity index (χ3n) is 5.82. The first kappa shape index (κ1) is 13.6. The van der Waals surface area contributed by atoms with Gasteiger partial charge in [0.2, 0.25) is 0 Å². The lowest BCUT2D eigenvalue weighted by atomic mass is 9.83. The van der Waals surface area contributed by atoms with Crippen molar-refractivity contribution in [3.63, 3.8) is 0 Å². The summed E-state index contributed by atoms with van der Waals surface area (Å²) in [5.41, 5.74) is 3.58. The highest BCUT2D eigenvalue weighted by Gasteiger charge is 2.49. The maximum Gasteiger partial charge on any atom is 0.123 e. The lowest BCUT2D eigenvalue weighted by Crippen LogP contribution is -2.42. The molecule has 23 heavy (non-hydrogen) atoms. The Morgan fingerprint density at radius 1 is 1.00 bits per heavy atom. The third-order valence-corrected chi connectivity index (χ3v) is 5.82. The molecule has 3 heterocycles. The van der Waals surface area contributed by atoms with Gasteiger partial charge in [0.15, 0.2) is 0 Å². The van der Waals surface area contributed by atoms with E-state index in [1.165, 1.54) is 17.7 Å². The SMILES string of the molecule is Fc1ccc2c(c1)[C@@H]1OCC[C@@H]1[C@H]1CC[C@H](c3ccccc3)N21. The van der Waals surface area contributed by atoms with Crippen molar-refractivity contribution in [3.05, 3.63) is 65.5 Å². The lowest BCUT2D eigenvalue weighted by molar-refractivity contribution is 0.0796. The molecule has 0 bridgehead atoms. The van der Waals surface area contributed by atoms with Crippen LogP contribution < -0.4 is 4.90 Å². The summed E-state index contributed by atoms with van der Waals surface area (Å²) in [5, 5.41) is 0. The standard InChI is InChI=1S/C20H20FNO/c21-14-6-7-19-16(12-14)20-15(10-11-23-20)18-9-8-17(22(18)19)13-4-2-1-3-5-13/h1-7,12,15,17-18,20H,8-11H2/t15-,17-,18-,20-/m1/s1. The van der Waals surface area contributed by atoms with Crippen molar-refractivity contribution < 1.29 is 9.13 Å². The van der Waals surface area contributed by atoms with Crippen molar-refractivity contribution in [3.8, 4) is 0 Å². The van der Waals surface area contributed by atoms with Gasteiger partial charge >= 0.3 is 0 Å². The largest absolute Gasteiger partial charge is 0.373 e. The Labute approximate surface area is 135 Å². The zero-order valence-corrected chi connectivity index (χ0v) is 13.0. The first-order valence-electron chi connectivity index (χ1n) is 8.57. The fourth-order valence-corrected chi connectivity index (χ4v) is 4.92. The summed E-state index contributed by atoms with van der Waals surface area (Å²) < 4.78 is 19.8. The minimum Gasteiger partial charge on any atom is -0.373 e. The predicted molar refractivity (Wildman–Crippen MR) is 87.9 cm³/mol. The van der Waals surface area contributed by atoms with Crippen LogP contribution in [0.4, 0.5) is 10.1 Å². The molecule has 2 nitrogen and oxygen atoms in total. The van der Waals surface area contributed by atoms with Crippen molar-refractivity contribution in [2.24, 2.45) is 5.92 Å². The first-order valence-corrected chi connectivity index (χ1v) is 8.57. The quantitative estimate of drug-likeness (QED) is 0.761. The van der Waals surface area contributed by atoms with Crippen LogP contribution in [0.5, 0.6) is 0 Å². The molecule has 3 heteroatoms. The summed E-state index contributed by atoms with van der Waals surface area (Å²) in [7, 11) is 0. The van der Waals surface area contributed by atoms with Gasteiger partial charge in [-0.1, -0.05) is 30.3 Å². The molecular formula is C20H20FNO. The number of hydrogen-bond acceptors (Lipinski definition) is 2. The van der Waals surface area contributed by atoms with Crippen LogP contribution in [0.2, 0.25) is 0 Å². The highest BCUT2D eigenvalue weighted by atomic mass is 19.1. The Balaban J connectivity index is 1.65. The summed E-state index contributed by atoms with van der Waals surface area (Å²) >= 11 is 0. The molecule has 5 rings (SSSR count). The maximum atomic E-state index is 13.8. The molecule has 0 amide bonds. The second-order valence-electron chi connectivity index (χ2n) is 6.93. The van der Waals surface area contributed by atoms with E-state index < -0.39 is 0 Å². The van der Waals surface area contributed by atoms with Gasteiger partial charge < -0.3 is 9.64 Å². The molecule has 0 saturated carbocycles. The molecule has 3 aliphatic rings. The number of anilines is 1. The highest BCUT2D eigenvalue weighted by molar-refractivity contribution is 5.61. The van der Waals surface area contributed by atoms with Crippen LogP contribution in [0.1, 0.15) is 42.5 Å². The van der Waals surface area contributed by atoms with Gasteiger partial charge in [-0.15, -0.1) is 0 Å². The molecule has 0 aliphatic carbocycles. The van der Waals surface area contributed by atoms with Gasteiger partial charge in [-0.3, -0.25) is 0 Å². The van der Waals surface area contributed by atoms with Gasteiger partial charge in [-0.25, -0.2) is 4.39 Å². The first-order chi connectivity index (χ1) is 11.3. The van der Waals surface area contributed by atoms with E-state index in [2.05, 4.69) is 35.2 Å². The lowest BCUT2D eigenvalue weighted by Gasteiger charge is -2.43. The Bertz CT molecular complexity index is 732. The van der Waals surface area contributed by atoms with Gasteiger partial charge in [0.05, 0.1) is 12.1 Å². The van der Waals surface area contributed by atoms with E-state index in [9.17, 15) is 4.39 Å². The molecule has 0 spiro atoms. The molecule has 2 saturated heterocycles. The molecule has 0 unspecified atom stereocenters. The van der Waals surface area contributed by atoms with E-state index in [0.29, 0.717) is 18.0 Å². The molecular weight excluding hydrogens is 289 g/mol. The number of nitrogens with zero attached hydrogens (tertiary/aromatic N) is 1. The normalized spacial score (nSPS) is 31.6. The van der Waals surface area contributed by atoms with Gasteiger partial charge in [0, 0.05) is 29.8 Å². The monoisotopic (exact) mass is 309 g/mol. The molecule has 0 radical (unpaired) electrons. The van der Waals surface area contributed by atoms with E-state index in [1.54, 1.807) is 12.1 Å². The van der Waals surface area contributed by atoms with E-state index in [0.717, 1.165) is 25.0 Å². The predicted octanol–water partition coefficient (Wildman–Crippen LogP) is 4.63. The van der Waals surface area contributed by atoms with Crippen LogP contribution in [-0.4, -0.2) is 12.6 Å². The zero-order chi connectivity index (χ0) is 15.4. The van der Waals surface area contributed by atoms with E-state index in [4.69, 9.17) is 4.74 Å². The van der Waals surface area contributed by atoms with Crippen LogP contribution in [0.15, 0.2) is 48.5 Å². The fraction of sp³-hybridized carbons (Fsp3) is 0.400. The van der Waals surface area contributed by atoms with E-state index >= 15 is 0 Å². The van der Waals surface area contributed by atoms with Crippen LogP contribution >= 0.6 is 0 Å². The third kappa shape index (κ3) is 1.96. The second kappa shape index (κ2) is 5.07. The molecule has 0 aromatic heterocycles. The average Bonchev–Trinajstić information content (AvgIpc) is 3.22. The van der Waals surface area contributed by atoms with Gasteiger partial charge in [-0.05, 0) is 43.0 Å². The van der Waals surface area contributed by atoms with Gasteiger partial charge in [0.25, 0.3) is 0 Å². The minimum absolute atomic E-state index is 0.0801. The summed E-state index contributed by atoms with van der Waals surface area (Å²) in [6.45, 7) is 0.797. The summed E-state index contributed by atoms with van der Waals surface area (Å²) in [5.74, 6) is 0.338. The van der Waals surface area contributed by atoms with Crippen LogP contribution in [0, 0.1) is 11.7 Å². The van der Waals surface area contributed by atoms with Crippen LogP contribution in [0.25, 0.3) is 0 Å². The smallest absolute Gasteiger partial charge is 0.123 e. The zero-order valence-electron chi connectivity index (χ0n) is 13.0.